The number of carbonyl (C=O) groups excluding carboxylic acids is 1. The highest BCUT2D eigenvalue weighted by molar-refractivity contribution is 5.78. The van der Waals surface area contributed by atoms with Crippen molar-refractivity contribution in [3.63, 3.8) is 0 Å². The number of carbonyl (C=O) groups is 1. The van der Waals surface area contributed by atoms with E-state index in [1.807, 2.05) is 6.07 Å². The summed E-state index contributed by atoms with van der Waals surface area (Å²) in [4.78, 5) is 21.5. The minimum atomic E-state index is 0.237. The van der Waals surface area contributed by atoms with Gasteiger partial charge in [-0.2, -0.15) is 0 Å². The minimum Gasteiger partial charge on any atom is -0.474 e. The Kier molecular flexibility index (Phi) is 4.67. The molecular formula is C20H29N3O2. The summed E-state index contributed by atoms with van der Waals surface area (Å²) in [5.41, 5.74) is 2.37. The van der Waals surface area contributed by atoms with Crippen LogP contribution in [0, 0.1) is 0 Å². The van der Waals surface area contributed by atoms with Gasteiger partial charge in [-0.25, -0.2) is 4.98 Å². The van der Waals surface area contributed by atoms with Crippen LogP contribution >= 0.6 is 0 Å². The third kappa shape index (κ3) is 3.39. The average Bonchev–Trinajstić information content (AvgIpc) is 2.62. The fraction of sp³-hybridized carbons (Fsp3) is 0.700. The molecule has 1 atom stereocenters. The number of amides is 1. The zero-order chi connectivity index (χ0) is 17.4. The molecule has 2 saturated heterocycles. The Hall–Kier alpha value is -1.62. The van der Waals surface area contributed by atoms with Gasteiger partial charge in [-0.3, -0.25) is 4.79 Å². The first-order valence-corrected chi connectivity index (χ1v) is 9.82. The van der Waals surface area contributed by atoms with Crippen LogP contribution in [0.1, 0.15) is 63.3 Å². The first-order valence-electron chi connectivity index (χ1n) is 9.82. The smallest absolute Gasteiger partial charge is 0.223 e. The Morgan fingerprint density at radius 1 is 1.12 bits per heavy atom. The standard InChI is InChI=1S/C20H29N3O2/c1-14(2)22-11-8-15(9-12-22)25-19-7-6-16-17(21-19)10-13-23-18(16)4-3-5-20(23)24/h6-7,14-15,18H,3-5,8-13H2,1-2H3. The lowest BCUT2D eigenvalue weighted by molar-refractivity contribution is -0.137. The predicted octanol–water partition coefficient (Wildman–Crippen LogP) is 2.94. The van der Waals surface area contributed by atoms with Crippen LogP contribution < -0.4 is 4.74 Å². The third-order valence-corrected chi connectivity index (χ3v) is 5.99. The van der Waals surface area contributed by atoms with Crippen molar-refractivity contribution >= 4 is 5.91 Å². The van der Waals surface area contributed by atoms with E-state index < -0.39 is 0 Å². The first-order chi connectivity index (χ1) is 12.1. The van der Waals surface area contributed by atoms with Gasteiger partial charge in [0.1, 0.15) is 6.10 Å². The summed E-state index contributed by atoms with van der Waals surface area (Å²) in [6.45, 7) is 7.52. The van der Waals surface area contributed by atoms with Gasteiger partial charge in [0.2, 0.25) is 11.8 Å². The molecule has 5 heteroatoms. The number of aromatic nitrogens is 1. The van der Waals surface area contributed by atoms with Crippen molar-refractivity contribution in [2.45, 2.75) is 70.6 Å². The van der Waals surface area contributed by atoms with E-state index >= 15 is 0 Å². The monoisotopic (exact) mass is 343 g/mol. The molecule has 5 nitrogen and oxygen atoms in total. The van der Waals surface area contributed by atoms with Gasteiger partial charge >= 0.3 is 0 Å². The number of fused-ring (bicyclic) bond motifs is 3. The number of pyridine rings is 1. The molecule has 0 saturated carbocycles. The fourth-order valence-electron chi connectivity index (χ4n) is 4.49. The van der Waals surface area contributed by atoms with Crippen LogP contribution in [-0.4, -0.2) is 52.5 Å². The molecular weight excluding hydrogens is 314 g/mol. The Morgan fingerprint density at radius 2 is 1.92 bits per heavy atom. The van der Waals surface area contributed by atoms with E-state index in [0.29, 0.717) is 18.4 Å². The molecule has 1 amide bonds. The number of likely N-dealkylation sites (tertiary alicyclic amines) is 1. The highest BCUT2D eigenvalue weighted by atomic mass is 16.5. The van der Waals surface area contributed by atoms with E-state index in [-0.39, 0.29) is 12.1 Å². The van der Waals surface area contributed by atoms with Crippen LogP contribution in [0.5, 0.6) is 5.88 Å². The number of nitrogens with zero attached hydrogens (tertiary/aromatic N) is 3. The number of piperidine rings is 2. The summed E-state index contributed by atoms with van der Waals surface area (Å²) in [5, 5.41) is 0. The number of rotatable bonds is 3. The van der Waals surface area contributed by atoms with Crippen molar-refractivity contribution in [1.29, 1.82) is 0 Å². The normalized spacial score (nSPS) is 25.0. The second kappa shape index (κ2) is 6.94. The van der Waals surface area contributed by atoms with Crippen molar-refractivity contribution < 1.29 is 9.53 Å². The Labute approximate surface area is 150 Å². The SMILES string of the molecule is CC(C)N1CCC(Oc2ccc3c(n2)CCN2C(=O)CCCC32)CC1. The molecule has 0 radical (unpaired) electrons. The van der Waals surface area contributed by atoms with E-state index in [2.05, 4.69) is 29.7 Å². The van der Waals surface area contributed by atoms with Crippen LogP contribution in [0.25, 0.3) is 0 Å². The molecule has 1 aromatic heterocycles. The van der Waals surface area contributed by atoms with Crippen LogP contribution in [0.15, 0.2) is 12.1 Å². The van der Waals surface area contributed by atoms with Crippen molar-refractivity contribution in [3.8, 4) is 5.88 Å². The van der Waals surface area contributed by atoms with Crippen LogP contribution in [0.4, 0.5) is 0 Å². The van der Waals surface area contributed by atoms with Gasteiger partial charge < -0.3 is 14.5 Å². The number of ether oxygens (including phenoxy) is 1. The molecule has 0 aromatic carbocycles. The van der Waals surface area contributed by atoms with E-state index in [9.17, 15) is 4.79 Å². The van der Waals surface area contributed by atoms with Gasteiger partial charge in [0.25, 0.3) is 0 Å². The molecule has 4 heterocycles. The van der Waals surface area contributed by atoms with Gasteiger partial charge in [-0.1, -0.05) is 0 Å². The maximum absolute atomic E-state index is 12.1. The minimum absolute atomic E-state index is 0.237. The second-order valence-electron chi connectivity index (χ2n) is 7.88. The van der Waals surface area contributed by atoms with Crippen molar-refractivity contribution in [2.75, 3.05) is 19.6 Å². The highest BCUT2D eigenvalue weighted by Crippen LogP contribution is 2.37. The summed E-state index contributed by atoms with van der Waals surface area (Å²) < 4.78 is 6.19. The zero-order valence-electron chi connectivity index (χ0n) is 15.4. The van der Waals surface area contributed by atoms with Crippen molar-refractivity contribution in [2.24, 2.45) is 0 Å². The molecule has 1 unspecified atom stereocenters. The summed E-state index contributed by atoms with van der Waals surface area (Å²) in [7, 11) is 0. The second-order valence-corrected chi connectivity index (χ2v) is 7.88. The molecule has 25 heavy (non-hydrogen) atoms. The molecule has 1 aromatic rings. The van der Waals surface area contributed by atoms with Crippen LogP contribution in [0.3, 0.4) is 0 Å². The molecule has 3 aliphatic rings. The lowest BCUT2D eigenvalue weighted by Crippen LogP contribution is -2.43. The summed E-state index contributed by atoms with van der Waals surface area (Å²) in [6, 6.07) is 5.01. The largest absolute Gasteiger partial charge is 0.474 e. The Balaban J connectivity index is 1.43. The van der Waals surface area contributed by atoms with E-state index in [1.165, 1.54) is 5.56 Å². The third-order valence-electron chi connectivity index (χ3n) is 5.99. The molecule has 3 aliphatic heterocycles. The molecule has 0 bridgehead atoms. The number of hydrogen-bond acceptors (Lipinski definition) is 4. The van der Waals surface area contributed by atoms with E-state index in [0.717, 1.165) is 63.3 Å². The lowest BCUT2D eigenvalue weighted by atomic mass is 9.89. The summed E-state index contributed by atoms with van der Waals surface area (Å²) in [6.07, 6.45) is 6.03. The Morgan fingerprint density at radius 3 is 2.68 bits per heavy atom. The molecule has 0 aliphatic carbocycles. The van der Waals surface area contributed by atoms with Gasteiger partial charge in [-0.05, 0) is 51.2 Å². The Bertz CT molecular complexity index is 638. The topological polar surface area (TPSA) is 45.7 Å². The van der Waals surface area contributed by atoms with E-state index in [4.69, 9.17) is 9.72 Å². The average molecular weight is 343 g/mol. The maximum atomic E-state index is 12.1. The van der Waals surface area contributed by atoms with Gasteiger partial charge in [0.15, 0.2) is 0 Å². The predicted molar refractivity (Wildman–Crippen MR) is 96.6 cm³/mol. The highest BCUT2D eigenvalue weighted by Gasteiger charge is 2.34. The van der Waals surface area contributed by atoms with E-state index in [1.54, 1.807) is 0 Å². The summed E-state index contributed by atoms with van der Waals surface area (Å²) in [5.74, 6) is 1.07. The van der Waals surface area contributed by atoms with Crippen molar-refractivity contribution in [1.82, 2.24) is 14.8 Å². The fourth-order valence-corrected chi connectivity index (χ4v) is 4.49. The zero-order valence-corrected chi connectivity index (χ0v) is 15.4. The quantitative estimate of drug-likeness (QED) is 0.846. The van der Waals surface area contributed by atoms with Gasteiger partial charge in [-0.15, -0.1) is 0 Å². The van der Waals surface area contributed by atoms with Crippen LogP contribution in [0.2, 0.25) is 0 Å². The van der Waals surface area contributed by atoms with Crippen LogP contribution in [-0.2, 0) is 11.2 Å². The van der Waals surface area contributed by atoms with Gasteiger partial charge in [0, 0.05) is 44.6 Å². The molecule has 2 fully saturated rings. The lowest BCUT2D eigenvalue weighted by Gasteiger charge is -2.40. The first kappa shape index (κ1) is 16.8. The molecule has 4 rings (SSSR count). The number of hydrogen-bond donors (Lipinski definition) is 0. The van der Waals surface area contributed by atoms with Gasteiger partial charge in [0.05, 0.1) is 11.7 Å². The summed E-state index contributed by atoms with van der Waals surface area (Å²) >= 11 is 0. The molecule has 0 N–H and O–H groups in total. The maximum Gasteiger partial charge on any atom is 0.223 e. The van der Waals surface area contributed by atoms with Crippen molar-refractivity contribution in [3.05, 3.63) is 23.4 Å². The molecule has 0 spiro atoms. The molecule has 136 valence electrons.